The average molecular weight is 517 g/mol. The van der Waals surface area contributed by atoms with Gasteiger partial charge in [-0.3, -0.25) is 14.4 Å². The summed E-state index contributed by atoms with van der Waals surface area (Å²) < 4.78 is 0. The molecule has 4 nitrogen and oxygen atoms in total. The summed E-state index contributed by atoms with van der Waals surface area (Å²) in [5, 5.41) is 10.3. The van der Waals surface area contributed by atoms with Crippen molar-refractivity contribution < 1.29 is 19.5 Å². The summed E-state index contributed by atoms with van der Waals surface area (Å²) in [6, 6.07) is 0. The highest BCUT2D eigenvalue weighted by molar-refractivity contribution is 5.90. The van der Waals surface area contributed by atoms with Crippen LogP contribution in [0, 0.1) is 37.9 Å². The zero-order valence-electron chi connectivity index (χ0n) is 26.1. The first-order valence-electron chi connectivity index (χ1n) is 14.6. The molecule has 0 unspecified atom stereocenters. The van der Waals surface area contributed by atoms with Gasteiger partial charge in [0.1, 0.15) is 5.78 Å². The van der Waals surface area contributed by atoms with Crippen LogP contribution in [0.15, 0.2) is 11.6 Å². The zero-order chi connectivity index (χ0) is 28.9. The number of carbonyl (C=O) groups is 3. The number of carbonyl (C=O) groups excluding carboxylic acids is 2. The SMILES string of the molecule is CCC(C)(C)CC[C@@](C)(CCC(C)(C)[C@]1(C)CC[C@@]2(C)C(C)(C)C(=O)CC[C@]2(C)/C1=C/C(C)=O)C(=O)O. The first-order chi connectivity index (χ1) is 16.6. The second-order valence-corrected chi connectivity index (χ2v) is 15.5. The molecule has 1 N–H and O–H groups in total. The molecule has 0 aromatic carbocycles. The number of allylic oxidation sites excluding steroid dienone is 2. The van der Waals surface area contributed by atoms with E-state index in [1.54, 1.807) is 6.92 Å². The van der Waals surface area contributed by atoms with Crippen molar-refractivity contribution in [2.45, 2.75) is 141 Å². The number of hydrogen-bond donors (Lipinski definition) is 1. The Labute approximate surface area is 227 Å². The van der Waals surface area contributed by atoms with E-state index in [9.17, 15) is 19.5 Å². The maximum atomic E-state index is 13.1. The first kappa shape index (κ1) is 31.8. The first-order valence-corrected chi connectivity index (χ1v) is 14.6. The molecule has 2 aliphatic rings. The van der Waals surface area contributed by atoms with Gasteiger partial charge in [-0.2, -0.15) is 0 Å². The Kier molecular flexibility index (Phi) is 8.53. The van der Waals surface area contributed by atoms with Crippen molar-refractivity contribution >= 4 is 17.5 Å². The fraction of sp³-hybridized carbons (Fsp3) is 0.848. The largest absolute Gasteiger partial charge is 0.481 e. The maximum Gasteiger partial charge on any atom is 0.309 e. The van der Waals surface area contributed by atoms with Gasteiger partial charge < -0.3 is 5.11 Å². The van der Waals surface area contributed by atoms with Crippen molar-refractivity contribution in [1.29, 1.82) is 0 Å². The van der Waals surface area contributed by atoms with E-state index in [1.807, 2.05) is 13.0 Å². The van der Waals surface area contributed by atoms with Gasteiger partial charge in [0.2, 0.25) is 0 Å². The fourth-order valence-corrected chi connectivity index (χ4v) is 7.43. The molecule has 0 radical (unpaired) electrons. The lowest BCUT2D eigenvalue weighted by Gasteiger charge is -2.67. The molecule has 2 fully saturated rings. The highest BCUT2D eigenvalue weighted by Gasteiger charge is 2.66. The van der Waals surface area contributed by atoms with Crippen LogP contribution >= 0.6 is 0 Å². The maximum absolute atomic E-state index is 13.1. The van der Waals surface area contributed by atoms with Gasteiger partial charge in [0.05, 0.1) is 5.41 Å². The summed E-state index contributed by atoms with van der Waals surface area (Å²) in [6.45, 7) is 25.7. The second kappa shape index (κ2) is 9.94. The molecule has 0 amide bonds. The molecule has 0 spiro atoms. The van der Waals surface area contributed by atoms with Gasteiger partial charge in [-0.1, -0.05) is 81.2 Å². The standard InChI is InChI=1S/C33H56O4/c1-13-27(3,4)16-18-30(9,26(36)37)19-17-28(5,6)31(10)20-21-33(12)29(7,8)25(35)14-15-32(33,11)24(31)22-23(2)34/h22H,13-21H2,1-12H3,(H,36,37)/b24-22+/t30-,31+,32+,33-/m0/s1. The molecule has 4 atom stereocenters. The summed E-state index contributed by atoms with van der Waals surface area (Å²) in [6.07, 6.45) is 8.93. The lowest BCUT2D eigenvalue weighted by Crippen LogP contribution is -2.62. The molecular weight excluding hydrogens is 460 g/mol. The third-order valence-corrected chi connectivity index (χ3v) is 12.4. The number of rotatable bonds is 10. The Morgan fingerprint density at radius 3 is 1.92 bits per heavy atom. The monoisotopic (exact) mass is 516 g/mol. The van der Waals surface area contributed by atoms with Gasteiger partial charge in [0.25, 0.3) is 0 Å². The van der Waals surface area contributed by atoms with Crippen molar-refractivity contribution in [2.24, 2.45) is 37.9 Å². The summed E-state index contributed by atoms with van der Waals surface area (Å²) in [5.74, 6) is -0.338. The number of carboxylic acids is 1. The minimum absolute atomic E-state index is 0.0503. The lowest BCUT2D eigenvalue weighted by atomic mass is 9.36. The molecule has 2 rings (SSSR count). The summed E-state index contributed by atoms with van der Waals surface area (Å²) in [7, 11) is 0. The van der Waals surface area contributed by atoms with E-state index in [4.69, 9.17) is 0 Å². The molecule has 4 heteroatoms. The van der Waals surface area contributed by atoms with Crippen molar-refractivity contribution in [1.82, 2.24) is 0 Å². The molecule has 0 saturated heterocycles. The van der Waals surface area contributed by atoms with Crippen LogP contribution < -0.4 is 0 Å². The zero-order valence-corrected chi connectivity index (χ0v) is 26.1. The number of carboxylic acid groups (broad SMARTS) is 1. The van der Waals surface area contributed by atoms with E-state index >= 15 is 0 Å². The van der Waals surface area contributed by atoms with E-state index in [0.717, 1.165) is 38.5 Å². The molecule has 2 aliphatic carbocycles. The smallest absolute Gasteiger partial charge is 0.309 e. The van der Waals surface area contributed by atoms with E-state index in [0.29, 0.717) is 25.0 Å². The predicted molar refractivity (Wildman–Crippen MR) is 152 cm³/mol. The Bertz CT molecular complexity index is 953. The number of ketones is 2. The molecule has 212 valence electrons. The van der Waals surface area contributed by atoms with E-state index in [-0.39, 0.29) is 32.9 Å². The van der Waals surface area contributed by atoms with Crippen molar-refractivity contribution in [3.05, 3.63) is 11.6 Å². The fourth-order valence-electron chi connectivity index (χ4n) is 7.43. The molecule has 0 aromatic rings. The normalized spacial score (nSPS) is 33.1. The summed E-state index contributed by atoms with van der Waals surface area (Å²) in [4.78, 5) is 38.3. The molecule has 37 heavy (non-hydrogen) atoms. The predicted octanol–water partition coefficient (Wildman–Crippen LogP) is 8.82. The second-order valence-electron chi connectivity index (χ2n) is 15.5. The molecule has 0 aliphatic heterocycles. The average Bonchev–Trinajstić information content (AvgIpc) is 2.79. The Morgan fingerprint density at radius 2 is 1.43 bits per heavy atom. The quantitative estimate of drug-likeness (QED) is 0.294. The minimum Gasteiger partial charge on any atom is -0.481 e. The van der Waals surface area contributed by atoms with Gasteiger partial charge in [0, 0.05) is 11.8 Å². The van der Waals surface area contributed by atoms with Crippen LogP contribution in [-0.2, 0) is 14.4 Å². The summed E-state index contributed by atoms with van der Waals surface area (Å²) >= 11 is 0. The van der Waals surface area contributed by atoms with E-state index < -0.39 is 16.8 Å². The third-order valence-electron chi connectivity index (χ3n) is 12.4. The van der Waals surface area contributed by atoms with Crippen molar-refractivity contribution in [3.8, 4) is 0 Å². The summed E-state index contributed by atoms with van der Waals surface area (Å²) in [5.41, 5.74) is -0.951. The van der Waals surface area contributed by atoms with Crippen LogP contribution in [0.2, 0.25) is 0 Å². The van der Waals surface area contributed by atoms with E-state index in [2.05, 4.69) is 69.2 Å². The van der Waals surface area contributed by atoms with Crippen molar-refractivity contribution in [2.75, 3.05) is 0 Å². The third kappa shape index (κ3) is 5.24. The number of Topliss-reactive ketones (excluding diaryl/α,β-unsaturated/α-hetero) is 1. The van der Waals surface area contributed by atoms with Gasteiger partial charge in [-0.25, -0.2) is 0 Å². The van der Waals surface area contributed by atoms with Crippen LogP contribution in [0.4, 0.5) is 0 Å². The van der Waals surface area contributed by atoms with Crippen LogP contribution in [0.5, 0.6) is 0 Å². The topological polar surface area (TPSA) is 71.4 Å². The van der Waals surface area contributed by atoms with Crippen LogP contribution in [-0.4, -0.2) is 22.6 Å². The molecule has 2 saturated carbocycles. The minimum atomic E-state index is -0.781. The van der Waals surface area contributed by atoms with Crippen LogP contribution in [0.1, 0.15) is 141 Å². The van der Waals surface area contributed by atoms with Gasteiger partial charge in [-0.15, -0.1) is 0 Å². The van der Waals surface area contributed by atoms with Gasteiger partial charge >= 0.3 is 5.97 Å². The highest BCUT2D eigenvalue weighted by atomic mass is 16.4. The van der Waals surface area contributed by atoms with Gasteiger partial charge in [0.15, 0.2) is 5.78 Å². The van der Waals surface area contributed by atoms with Gasteiger partial charge in [-0.05, 0) is 91.9 Å². The Balaban J connectivity index is 2.50. The Morgan fingerprint density at radius 1 is 0.892 bits per heavy atom. The number of fused-ring (bicyclic) bond motifs is 1. The number of hydrogen-bond acceptors (Lipinski definition) is 3. The molecule has 0 bridgehead atoms. The molecule has 0 aromatic heterocycles. The van der Waals surface area contributed by atoms with Crippen molar-refractivity contribution in [3.63, 3.8) is 0 Å². The molecular formula is C33H56O4. The lowest BCUT2D eigenvalue weighted by molar-refractivity contribution is -0.162. The highest BCUT2D eigenvalue weighted by Crippen LogP contribution is 2.73. The van der Waals surface area contributed by atoms with Crippen LogP contribution in [0.3, 0.4) is 0 Å². The van der Waals surface area contributed by atoms with E-state index in [1.165, 1.54) is 5.57 Å². The van der Waals surface area contributed by atoms with Crippen LogP contribution in [0.25, 0.3) is 0 Å². The Hall–Kier alpha value is -1.45. The number of aliphatic carboxylic acids is 1. The molecule has 0 heterocycles.